The summed E-state index contributed by atoms with van der Waals surface area (Å²) < 4.78 is 0. The number of hydrogen-bond donors (Lipinski definition) is 2. The smallest absolute Gasteiger partial charge is 0.267 e. The molecule has 0 saturated carbocycles. The van der Waals surface area contributed by atoms with E-state index in [1.807, 2.05) is 0 Å². The molecule has 1 aliphatic rings. The number of carbonyl (C=O) groups is 1. The fourth-order valence-electron chi connectivity index (χ4n) is 1.35. The lowest BCUT2D eigenvalue weighted by Crippen LogP contribution is -2.14. The molecule has 13 heavy (non-hydrogen) atoms. The molecule has 1 aliphatic heterocycles. The van der Waals surface area contributed by atoms with E-state index < -0.39 is 5.91 Å². The van der Waals surface area contributed by atoms with Gasteiger partial charge < -0.3 is 11.1 Å². The average molecular weight is 198 g/mol. The van der Waals surface area contributed by atoms with E-state index in [-0.39, 0.29) is 5.69 Å². The van der Waals surface area contributed by atoms with Gasteiger partial charge in [0.05, 0.1) is 5.69 Å². The van der Waals surface area contributed by atoms with E-state index in [2.05, 4.69) is 10.3 Å². The average Bonchev–Trinajstić information content (AvgIpc) is 2.51. The molecule has 2 heterocycles. The Balaban J connectivity index is 2.55. The van der Waals surface area contributed by atoms with Crippen LogP contribution in [-0.2, 0) is 13.1 Å². The number of aromatic nitrogens is 1. The van der Waals surface area contributed by atoms with Crippen molar-refractivity contribution in [2.75, 3.05) is 0 Å². The number of nitrogens with zero attached hydrogens (tertiary/aromatic N) is 1. The highest BCUT2D eigenvalue weighted by Crippen LogP contribution is 2.23. The molecule has 0 aliphatic carbocycles. The lowest BCUT2D eigenvalue weighted by atomic mass is 10.2. The summed E-state index contributed by atoms with van der Waals surface area (Å²) in [5.74, 6) is -0.545. The van der Waals surface area contributed by atoms with E-state index in [0.29, 0.717) is 18.1 Å². The molecule has 0 atom stereocenters. The summed E-state index contributed by atoms with van der Waals surface area (Å²) in [7, 11) is 0. The van der Waals surface area contributed by atoms with Gasteiger partial charge in [0.1, 0.15) is 5.69 Å². The van der Waals surface area contributed by atoms with Crippen LogP contribution in [0, 0.1) is 0 Å². The highest BCUT2D eigenvalue weighted by Gasteiger charge is 2.17. The first-order chi connectivity index (χ1) is 6.18. The van der Waals surface area contributed by atoms with Crippen LogP contribution in [0.25, 0.3) is 0 Å². The van der Waals surface area contributed by atoms with Crippen molar-refractivity contribution in [3.63, 3.8) is 0 Å². The van der Waals surface area contributed by atoms with E-state index in [9.17, 15) is 4.79 Å². The van der Waals surface area contributed by atoms with Crippen molar-refractivity contribution in [2.24, 2.45) is 5.73 Å². The van der Waals surface area contributed by atoms with Gasteiger partial charge in [-0.3, -0.25) is 4.79 Å². The summed E-state index contributed by atoms with van der Waals surface area (Å²) in [6.45, 7) is 1.36. The van der Waals surface area contributed by atoms with Gasteiger partial charge >= 0.3 is 0 Å². The Hall–Kier alpha value is -1.13. The molecule has 1 aromatic rings. The molecule has 0 aromatic carbocycles. The van der Waals surface area contributed by atoms with Gasteiger partial charge in [0.2, 0.25) is 0 Å². The maximum Gasteiger partial charge on any atom is 0.267 e. The molecule has 0 spiro atoms. The Morgan fingerprint density at radius 2 is 2.38 bits per heavy atom. The number of amides is 1. The van der Waals surface area contributed by atoms with E-state index in [1.165, 1.54) is 6.07 Å². The molecule has 0 radical (unpaired) electrons. The third kappa shape index (κ3) is 1.38. The minimum atomic E-state index is -0.545. The van der Waals surface area contributed by atoms with Crippen molar-refractivity contribution in [3.05, 3.63) is 28.0 Å². The monoisotopic (exact) mass is 197 g/mol. The number of halogens is 1. The Morgan fingerprint density at radius 1 is 1.62 bits per heavy atom. The zero-order valence-corrected chi connectivity index (χ0v) is 7.56. The molecule has 0 fully saturated rings. The predicted octanol–water partition coefficient (Wildman–Crippen LogP) is 0.437. The highest BCUT2D eigenvalue weighted by atomic mass is 35.5. The normalized spacial score (nSPS) is 14.2. The minimum Gasteiger partial charge on any atom is -0.364 e. The van der Waals surface area contributed by atoms with Crippen molar-refractivity contribution in [2.45, 2.75) is 13.1 Å². The molecule has 5 heteroatoms. The fourth-order valence-corrected chi connectivity index (χ4v) is 1.63. The van der Waals surface area contributed by atoms with Crippen LogP contribution in [0.3, 0.4) is 0 Å². The molecular weight excluding hydrogens is 190 g/mol. The van der Waals surface area contributed by atoms with Gasteiger partial charge in [0, 0.05) is 23.7 Å². The van der Waals surface area contributed by atoms with Gasteiger partial charge in [0.25, 0.3) is 5.91 Å². The topological polar surface area (TPSA) is 68.0 Å². The SMILES string of the molecule is NC(=O)c1cc(Cl)c2c(n1)CNC2. The van der Waals surface area contributed by atoms with E-state index in [1.54, 1.807) is 0 Å². The highest BCUT2D eigenvalue weighted by molar-refractivity contribution is 6.31. The second kappa shape index (κ2) is 2.97. The summed E-state index contributed by atoms with van der Waals surface area (Å²) in [5, 5.41) is 3.65. The second-order valence-corrected chi connectivity index (χ2v) is 3.29. The number of pyridine rings is 1. The number of primary amides is 1. The lowest BCUT2D eigenvalue weighted by Gasteiger charge is -2.02. The minimum absolute atomic E-state index is 0.229. The van der Waals surface area contributed by atoms with Gasteiger partial charge in [-0.15, -0.1) is 0 Å². The van der Waals surface area contributed by atoms with Crippen LogP contribution in [0.5, 0.6) is 0 Å². The molecule has 1 amide bonds. The van der Waals surface area contributed by atoms with Crippen molar-refractivity contribution >= 4 is 17.5 Å². The van der Waals surface area contributed by atoms with Crippen LogP contribution >= 0.6 is 11.6 Å². The number of fused-ring (bicyclic) bond motifs is 1. The Bertz CT molecular complexity index is 378. The molecule has 68 valence electrons. The summed E-state index contributed by atoms with van der Waals surface area (Å²) in [6.07, 6.45) is 0. The number of hydrogen-bond acceptors (Lipinski definition) is 3. The first-order valence-corrected chi connectivity index (χ1v) is 4.25. The summed E-state index contributed by atoms with van der Waals surface area (Å²) in [5.41, 5.74) is 7.11. The van der Waals surface area contributed by atoms with Gasteiger partial charge in [-0.05, 0) is 6.07 Å². The number of nitrogens with two attached hydrogens (primary N) is 1. The zero-order valence-electron chi connectivity index (χ0n) is 6.80. The quantitative estimate of drug-likeness (QED) is 0.687. The van der Waals surface area contributed by atoms with Crippen LogP contribution in [-0.4, -0.2) is 10.9 Å². The van der Waals surface area contributed by atoms with Gasteiger partial charge in [-0.25, -0.2) is 4.98 Å². The molecule has 0 unspecified atom stereocenters. The summed E-state index contributed by atoms with van der Waals surface area (Å²) >= 11 is 5.93. The maximum atomic E-state index is 10.8. The third-order valence-corrected chi connectivity index (χ3v) is 2.34. The van der Waals surface area contributed by atoms with Gasteiger partial charge in [0.15, 0.2) is 0 Å². The largest absolute Gasteiger partial charge is 0.364 e. The van der Waals surface area contributed by atoms with E-state index >= 15 is 0 Å². The first-order valence-electron chi connectivity index (χ1n) is 3.87. The molecule has 4 nitrogen and oxygen atoms in total. The van der Waals surface area contributed by atoms with Crippen LogP contribution in [0.4, 0.5) is 0 Å². The van der Waals surface area contributed by atoms with Crippen molar-refractivity contribution in [1.82, 2.24) is 10.3 Å². The summed E-state index contributed by atoms with van der Waals surface area (Å²) in [4.78, 5) is 14.9. The van der Waals surface area contributed by atoms with Crippen LogP contribution in [0.15, 0.2) is 6.07 Å². The zero-order chi connectivity index (χ0) is 9.42. The summed E-state index contributed by atoms with van der Waals surface area (Å²) in [6, 6.07) is 1.51. The predicted molar refractivity (Wildman–Crippen MR) is 48.3 cm³/mol. The van der Waals surface area contributed by atoms with Crippen molar-refractivity contribution in [1.29, 1.82) is 0 Å². The third-order valence-electron chi connectivity index (χ3n) is 2.00. The first kappa shape index (κ1) is 8.47. The molecule has 1 aromatic heterocycles. The van der Waals surface area contributed by atoms with E-state index in [4.69, 9.17) is 17.3 Å². The Labute approximate surface area is 80.1 Å². The number of carbonyl (C=O) groups excluding carboxylic acids is 1. The van der Waals surface area contributed by atoms with Gasteiger partial charge in [-0.2, -0.15) is 0 Å². The van der Waals surface area contributed by atoms with E-state index in [0.717, 1.165) is 11.3 Å². The van der Waals surface area contributed by atoms with Crippen LogP contribution < -0.4 is 11.1 Å². The number of rotatable bonds is 1. The standard InChI is InChI=1S/C8H8ClN3O/c9-5-1-6(8(10)13)12-7-3-11-2-4(5)7/h1,11H,2-3H2,(H2,10,13). The van der Waals surface area contributed by atoms with Crippen molar-refractivity contribution in [3.8, 4) is 0 Å². The fraction of sp³-hybridized carbons (Fsp3) is 0.250. The molecule has 0 saturated heterocycles. The lowest BCUT2D eigenvalue weighted by molar-refractivity contribution is 0.0995. The van der Waals surface area contributed by atoms with Crippen molar-refractivity contribution < 1.29 is 4.79 Å². The van der Waals surface area contributed by atoms with Gasteiger partial charge in [-0.1, -0.05) is 11.6 Å². The molecule has 3 N–H and O–H groups in total. The van der Waals surface area contributed by atoms with Crippen LogP contribution in [0.1, 0.15) is 21.7 Å². The Kier molecular flexibility index (Phi) is 1.94. The number of nitrogens with one attached hydrogen (secondary N) is 1. The Morgan fingerprint density at radius 3 is 3.08 bits per heavy atom. The molecular formula is C8H8ClN3O. The molecule has 0 bridgehead atoms. The van der Waals surface area contributed by atoms with Crippen LogP contribution in [0.2, 0.25) is 5.02 Å². The second-order valence-electron chi connectivity index (χ2n) is 2.88. The maximum absolute atomic E-state index is 10.8. The molecule has 2 rings (SSSR count).